The Bertz CT molecular complexity index is 664. The van der Waals surface area contributed by atoms with Gasteiger partial charge >= 0.3 is 0 Å². The van der Waals surface area contributed by atoms with E-state index in [0.717, 1.165) is 0 Å². The fourth-order valence-corrected chi connectivity index (χ4v) is 2.53. The predicted octanol–water partition coefficient (Wildman–Crippen LogP) is 5.24. The summed E-state index contributed by atoms with van der Waals surface area (Å²) in [5, 5.41) is 28.1. The molecule has 0 heterocycles. The van der Waals surface area contributed by atoms with Crippen LogP contribution in [0.5, 0.6) is 5.75 Å². The number of hydrogen-bond donors (Lipinski definition) is 1. The van der Waals surface area contributed by atoms with Crippen LogP contribution in [0.3, 0.4) is 0 Å². The van der Waals surface area contributed by atoms with Crippen LogP contribution >= 0.6 is 31.9 Å². The molecule has 0 aliphatic rings. The van der Waals surface area contributed by atoms with E-state index in [9.17, 15) is 15.2 Å². The predicted molar refractivity (Wildman–Crippen MR) is 80.8 cm³/mol. The molecule has 0 radical (unpaired) electrons. The topological polar surface area (TPSA) is 88.1 Å². The van der Waals surface area contributed by atoms with Crippen LogP contribution in [0, 0.1) is 10.1 Å². The summed E-state index contributed by atoms with van der Waals surface area (Å²) in [6.07, 6.45) is 0. The lowest BCUT2D eigenvalue weighted by molar-refractivity contribution is -0.384. The third kappa shape index (κ3) is 3.40. The van der Waals surface area contributed by atoms with Crippen molar-refractivity contribution in [1.82, 2.24) is 0 Å². The molecular weight excluding hydrogens is 394 g/mol. The Morgan fingerprint density at radius 1 is 1.00 bits per heavy atom. The molecule has 6 nitrogen and oxygen atoms in total. The molecule has 102 valence electrons. The molecule has 0 fully saturated rings. The number of azo groups is 1. The van der Waals surface area contributed by atoms with Gasteiger partial charge in [0.1, 0.15) is 5.75 Å². The molecule has 0 amide bonds. The van der Waals surface area contributed by atoms with Crippen LogP contribution in [-0.2, 0) is 0 Å². The Morgan fingerprint density at radius 2 is 1.50 bits per heavy atom. The highest BCUT2D eigenvalue weighted by Gasteiger charge is 2.06. The molecule has 0 unspecified atom stereocenters. The second-order valence-electron chi connectivity index (χ2n) is 3.73. The average molecular weight is 401 g/mol. The van der Waals surface area contributed by atoms with Gasteiger partial charge < -0.3 is 5.11 Å². The number of hydrogen-bond acceptors (Lipinski definition) is 5. The van der Waals surface area contributed by atoms with Crippen molar-refractivity contribution in [2.24, 2.45) is 10.2 Å². The average Bonchev–Trinajstić information content (AvgIpc) is 2.42. The van der Waals surface area contributed by atoms with Crippen LogP contribution in [0.15, 0.2) is 55.6 Å². The van der Waals surface area contributed by atoms with Crippen molar-refractivity contribution in [3.05, 3.63) is 55.5 Å². The first-order valence-electron chi connectivity index (χ1n) is 5.31. The van der Waals surface area contributed by atoms with Gasteiger partial charge in [-0.3, -0.25) is 10.1 Å². The van der Waals surface area contributed by atoms with Gasteiger partial charge in [0.05, 0.1) is 25.2 Å². The first-order valence-corrected chi connectivity index (χ1v) is 6.90. The normalized spacial score (nSPS) is 10.9. The smallest absolute Gasteiger partial charge is 0.269 e. The van der Waals surface area contributed by atoms with Gasteiger partial charge in [-0.1, -0.05) is 0 Å². The van der Waals surface area contributed by atoms with E-state index in [-0.39, 0.29) is 11.4 Å². The lowest BCUT2D eigenvalue weighted by Gasteiger charge is -2.01. The van der Waals surface area contributed by atoms with Gasteiger partial charge in [0.2, 0.25) is 0 Å². The van der Waals surface area contributed by atoms with Gasteiger partial charge in [0.15, 0.2) is 0 Å². The number of halogens is 2. The van der Waals surface area contributed by atoms with E-state index in [1.54, 1.807) is 12.1 Å². The lowest BCUT2D eigenvalue weighted by atomic mass is 10.3. The Hall–Kier alpha value is -1.80. The van der Waals surface area contributed by atoms with Crippen LogP contribution < -0.4 is 0 Å². The summed E-state index contributed by atoms with van der Waals surface area (Å²) >= 11 is 6.38. The van der Waals surface area contributed by atoms with Crippen LogP contribution in [0.2, 0.25) is 0 Å². The SMILES string of the molecule is O=[N+]([O-])c1ccc(/N=N/c2cc(Br)c(O)c(Br)c2)cc1. The summed E-state index contributed by atoms with van der Waals surface area (Å²) in [4.78, 5) is 10.0. The van der Waals surface area contributed by atoms with E-state index in [2.05, 4.69) is 42.1 Å². The largest absolute Gasteiger partial charge is 0.506 e. The lowest BCUT2D eigenvalue weighted by Crippen LogP contribution is -1.85. The van der Waals surface area contributed by atoms with Crippen molar-refractivity contribution in [2.45, 2.75) is 0 Å². The Balaban J connectivity index is 2.23. The molecule has 20 heavy (non-hydrogen) atoms. The van der Waals surface area contributed by atoms with E-state index >= 15 is 0 Å². The minimum absolute atomic E-state index is 0.000859. The fourth-order valence-electron chi connectivity index (χ4n) is 1.37. The third-order valence-electron chi connectivity index (χ3n) is 2.34. The summed E-state index contributed by atoms with van der Waals surface area (Å²) in [6, 6.07) is 8.94. The first kappa shape index (κ1) is 14.6. The molecule has 0 aliphatic carbocycles. The van der Waals surface area contributed by atoms with Crippen LogP contribution in [0.4, 0.5) is 17.1 Å². The fraction of sp³-hybridized carbons (Fsp3) is 0. The summed E-state index contributed by atoms with van der Waals surface area (Å²) in [6.45, 7) is 0. The number of phenolic OH excluding ortho intramolecular Hbond substituents is 1. The molecule has 0 aromatic heterocycles. The van der Waals surface area contributed by atoms with Crippen molar-refractivity contribution in [1.29, 1.82) is 0 Å². The zero-order chi connectivity index (χ0) is 14.7. The molecule has 8 heteroatoms. The highest BCUT2D eigenvalue weighted by atomic mass is 79.9. The molecule has 0 saturated heterocycles. The van der Waals surface area contributed by atoms with Crippen molar-refractivity contribution < 1.29 is 10.0 Å². The number of phenols is 1. The summed E-state index contributed by atoms with van der Waals surface area (Å²) < 4.78 is 0.981. The maximum absolute atomic E-state index is 10.5. The number of nitrogens with zero attached hydrogens (tertiary/aromatic N) is 3. The molecule has 0 spiro atoms. The van der Waals surface area contributed by atoms with Crippen LogP contribution in [0.25, 0.3) is 0 Å². The maximum atomic E-state index is 10.5. The summed E-state index contributed by atoms with van der Waals surface area (Å²) in [5.41, 5.74) is 1.02. The summed E-state index contributed by atoms with van der Waals surface area (Å²) in [7, 11) is 0. The van der Waals surface area contributed by atoms with Crippen molar-refractivity contribution in [3.63, 3.8) is 0 Å². The second-order valence-corrected chi connectivity index (χ2v) is 5.44. The number of benzene rings is 2. The number of nitro benzene ring substituents is 1. The van der Waals surface area contributed by atoms with E-state index in [1.165, 1.54) is 24.3 Å². The Kier molecular flexibility index (Phi) is 4.46. The maximum Gasteiger partial charge on any atom is 0.269 e. The van der Waals surface area contributed by atoms with E-state index < -0.39 is 4.92 Å². The second kappa shape index (κ2) is 6.10. The van der Waals surface area contributed by atoms with E-state index in [1.807, 2.05) is 0 Å². The van der Waals surface area contributed by atoms with Gasteiger partial charge in [-0.2, -0.15) is 10.2 Å². The van der Waals surface area contributed by atoms with Gasteiger partial charge in [-0.25, -0.2) is 0 Å². The molecule has 2 aromatic rings. The Morgan fingerprint density at radius 3 is 2.00 bits per heavy atom. The molecule has 0 bridgehead atoms. The van der Waals surface area contributed by atoms with Gasteiger partial charge in [-0.15, -0.1) is 0 Å². The standard InChI is InChI=1S/C12H7Br2N3O3/c13-10-5-8(6-11(14)12(10)18)16-15-7-1-3-9(4-2-7)17(19)20/h1-6,18H/b16-15+. The minimum Gasteiger partial charge on any atom is -0.506 e. The molecule has 1 N–H and O–H groups in total. The molecule has 0 atom stereocenters. The highest BCUT2D eigenvalue weighted by Crippen LogP contribution is 2.36. The Labute approximate surface area is 130 Å². The monoisotopic (exact) mass is 399 g/mol. The molecule has 2 aromatic carbocycles. The van der Waals surface area contributed by atoms with Gasteiger partial charge in [0.25, 0.3) is 5.69 Å². The van der Waals surface area contributed by atoms with Gasteiger partial charge in [-0.05, 0) is 56.1 Å². The van der Waals surface area contributed by atoms with Gasteiger partial charge in [0, 0.05) is 12.1 Å². The third-order valence-corrected chi connectivity index (χ3v) is 3.55. The molecule has 0 saturated carbocycles. The highest BCUT2D eigenvalue weighted by molar-refractivity contribution is 9.11. The first-order chi connectivity index (χ1) is 9.47. The molecule has 2 rings (SSSR count). The zero-order valence-corrected chi connectivity index (χ0v) is 13.0. The van der Waals surface area contributed by atoms with E-state index in [4.69, 9.17) is 0 Å². The minimum atomic E-state index is -0.477. The van der Waals surface area contributed by atoms with Crippen molar-refractivity contribution in [2.75, 3.05) is 0 Å². The summed E-state index contributed by atoms with van der Waals surface area (Å²) in [5.74, 6) is 0.0827. The number of nitro groups is 1. The number of aromatic hydroxyl groups is 1. The molecule has 0 aliphatic heterocycles. The number of non-ortho nitro benzene ring substituents is 1. The number of rotatable bonds is 3. The zero-order valence-electron chi connectivity index (χ0n) is 9.83. The molecular formula is C12H7Br2N3O3. The van der Waals surface area contributed by atoms with Crippen LogP contribution in [0.1, 0.15) is 0 Å². The van der Waals surface area contributed by atoms with Crippen molar-refractivity contribution in [3.8, 4) is 5.75 Å². The van der Waals surface area contributed by atoms with E-state index in [0.29, 0.717) is 20.3 Å². The quantitative estimate of drug-likeness (QED) is 0.434. The van der Waals surface area contributed by atoms with Crippen LogP contribution in [-0.4, -0.2) is 10.0 Å². The van der Waals surface area contributed by atoms with Crippen molar-refractivity contribution >= 4 is 48.9 Å².